The first-order chi connectivity index (χ1) is 11.2. The van der Waals surface area contributed by atoms with Gasteiger partial charge in [-0.3, -0.25) is 4.79 Å². The molecule has 1 aromatic carbocycles. The number of rotatable bonds is 4. The molecule has 0 atom stereocenters. The molecule has 1 saturated heterocycles. The summed E-state index contributed by atoms with van der Waals surface area (Å²) in [5.41, 5.74) is 0.570. The van der Waals surface area contributed by atoms with Gasteiger partial charge >= 0.3 is 0 Å². The van der Waals surface area contributed by atoms with Gasteiger partial charge in [-0.2, -0.15) is 0 Å². The van der Waals surface area contributed by atoms with Crippen molar-refractivity contribution in [2.45, 2.75) is 0 Å². The van der Waals surface area contributed by atoms with Crippen LogP contribution < -0.4 is 9.47 Å². The van der Waals surface area contributed by atoms with Gasteiger partial charge in [0.25, 0.3) is 5.91 Å². The van der Waals surface area contributed by atoms with E-state index in [1.165, 1.54) is 0 Å². The molecule has 2 aromatic rings. The van der Waals surface area contributed by atoms with Crippen LogP contribution in [0.3, 0.4) is 0 Å². The molecule has 0 aliphatic carbocycles. The van der Waals surface area contributed by atoms with Crippen LogP contribution in [0.2, 0.25) is 0 Å². The third-order valence-electron chi connectivity index (χ3n) is 3.48. The van der Waals surface area contributed by atoms with E-state index < -0.39 is 0 Å². The molecule has 3 rings (SSSR count). The molecule has 0 spiro atoms. The van der Waals surface area contributed by atoms with Crippen LogP contribution in [0.25, 0.3) is 6.08 Å². The van der Waals surface area contributed by atoms with Gasteiger partial charge < -0.3 is 14.4 Å². The summed E-state index contributed by atoms with van der Waals surface area (Å²) >= 11 is 3.37. The van der Waals surface area contributed by atoms with E-state index >= 15 is 0 Å². The van der Waals surface area contributed by atoms with E-state index in [0.29, 0.717) is 23.6 Å². The van der Waals surface area contributed by atoms with E-state index in [0.717, 1.165) is 15.7 Å². The summed E-state index contributed by atoms with van der Waals surface area (Å²) in [5, 5.41) is 3.02. The number of carbonyl (C=O) groups excluding carboxylic acids is 1. The first-order valence-electron chi connectivity index (χ1n) is 7.14. The summed E-state index contributed by atoms with van der Waals surface area (Å²) in [6, 6.07) is 9.31. The highest BCUT2D eigenvalue weighted by Crippen LogP contribution is 2.33. The van der Waals surface area contributed by atoms with E-state index in [9.17, 15) is 4.79 Å². The molecule has 1 aliphatic heterocycles. The first kappa shape index (κ1) is 16.0. The maximum atomic E-state index is 12.9. The Morgan fingerprint density at radius 2 is 1.96 bits per heavy atom. The molecular formula is C17H17NO3S2. The molecule has 0 unspecified atom stereocenters. The maximum absolute atomic E-state index is 12.9. The van der Waals surface area contributed by atoms with Crippen molar-refractivity contribution in [3.63, 3.8) is 0 Å². The van der Waals surface area contributed by atoms with Crippen molar-refractivity contribution in [2.24, 2.45) is 0 Å². The highest BCUT2D eigenvalue weighted by Gasteiger charge is 2.26. The van der Waals surface area contributed by atoms with Gasteiger partial charge in [0, 0.05) is 28.8 Å². The number of methoxy groups -OCH3 is 2. The monoisotopic (exact) mass is 347 g/mol. The number of benzene rings is 1. The van der Waals surface area contributed by atoms with Gasteiger partial charge in [0.2, 0.25) is 0 Å². The standard InChI is InChI=1S/C17H17NO3S2/c1-20-13-8-12(9-14(10-13)21-2)17(19)18-5-7-23-16(18)11-15-4-3-6-22-15/h3-4,6,8-11H,5,7H2,1-2H3/b16-11+. The molecule has 23 heavy (non-hydrogen) atoms. The van der Waals surface area contributed by atoms with Crippen LogP contribution in [0, 0.1) is 0 Å². The van der Waals surface area contributed by atoms with Gasteiger partial charge in [0.05, 0.1) is 19.2 Å². The van der Waals surface area contributed by atoms with E-state index in [4.69, 9.17) is 9.47 Å². The van der Waals surface area contributed by atoms with Crippen molar-refractivity contribution < 1.29 is 14.3 Å². The predicted molar refractivity (Wildman–Crippen MR) is 95.3 cm³/mol. The highest BCUT2D eigenvalue weighted by molar-refractivity contribution is 8.03. The quantitative estimate of drug-likeness (QED) is 0.839. The SMILES string of the molecule is COc1cc(OC)cc(C(=O)N2CCS/C2=C/c2cccs2)c1. The third kappa shape index (κ3) is 3.54. The van der Waals surface area contributed by atoms with Crippen LogP contribution >= 0.6 is 23.1 Å². The second-order valence-electron chi connectivity index (χ2n) is 4.90. The predicted octanol–water partition coefficient (Wildman–Crippen LogP) is 3.95. The molecule has 0 bridgehead atoms. The van der Waals surface area contributed by atoms with E-state index in [2.05, 4.69) is 6.08 Å². The normalized spacial score (nSPS) is 15.9. The van der Waals surface area contributed by atoms with Crippen LogP contribution in [0.5, 0.6) is 11.5 Å². The zero-order chi connectivity index (χ0) is 16.2. The number of hydrogen-bond acceptors (Lipinski definition) is 5. The molecule has 1 amide bonds. The van der Waals surface area contributed by atoms with Crippen LogP contribution in [0.15, 0.2) is 40.7 Å². The number of thiophene rings is 1. The Bertz CT molecular complexity index is 703. The molecule has 0 N–H and O–H groups in total. The molecule has 4 nitrogen and oxygen atoms in total. The van der Waals surface area contributed by atoms with Crippen molar-refractivity contribution in [1.29, 1.82) is 0 Å². The Balaban J connectivity index is 1.90. The average molecular weight is 347 g/mol. The van der Waals surface area contributed by atoms with E-state index in [-0.39, 0.29) is 5.91 Å². The molecule has 2 heterocycles. The zero-order valence-corrected chi connectivity index (χ0v) is 14.6. The van der Waals surface area contributed by atoms with Gasteiger partial charge in [-0.15, -0.1) is 23.1 Å². The average Bonchev–Trinajstić information content (AvgIpc) is 3.26. The summed E-state index contributed by atoms with van der Waals surface area (Å²) in [6.45, 7) is 0.709. The number of hydrogen-bond donors (Lipinski definition) is 0. The molecule has 1 fully saturated rings. The highest BCUT2D eigenvalue weighted by atomic mass is 32.2. The molecule has 1 aromatic heterocycles. The van der Waals surface area contributed by atoms with Crippen LogP contribution in [0.1, 0.15) is 15.2 Å². The molecule has 0 saturated carbocycles. The second kappa shape index (κ2) is 7.10. The van der Waals surface area contributed by atoms with Crippen molar-refractivity contribution in [2.75, 3.05) is 26.5 Å². The lowest BCUT2D eigenvalue weighted by Crippen LogP contribution is -2.26. The minimum atomic E-state index is -0.0324. The van der Waals surface area contributed by atoms with Gasteiger partial charge in [-0.1, -0.05) is 6.07 Å². The lowest BCUT2D eigenvalue weighted by Gasteiger charge is -2.18. The van der Waals surface area contributed by atoms with Gasteiger partial charge in [-0.05, 0) is 29.7 Å². The summed E-state index contributed by atoms with van der Waals surface area (Å²) in [4.78, 5) is 15.9. The summed E-state index contributed by atoms with van der Waals surface area (Å²) < 4.78 is 10.5. The van der Waals surface area contributed by atoms with Crippen LogP contribution in [0.4, 0.5) is 0 Å². The van der Waals surface area contributed by atoms with Gasteiger partial charge in [0.15, 0.2) is 0 Å². The molecule has 6 heteroatoms. The molecule has 1 aliphatic rings. The topological polar surface area (TPSA) is 38.8 Å². The number of carbonyl (C=O) groups is 1. The Morgan fingerprint density at radius 3 is 2.57 bits per heavy atom. The minimum Gasteiger partial charge on any atom is -0.497 e. The number of thioether (sulfide) groups is 1. The largest absolute Gasteiger partial charge is 0.497 e. The molecular weight excluding hydrogens is 330 g/mol. The second-order valence-corrected chi connectivity index (χ2v) is 7.00. The van der Waals surface area contributed by atoms with Crippen molar-refractivity contribution in [3.8, 4) is 11.5 Å². The third-order valence-corrected chi connectivity index (χ3v) is 5.32. The summed E-state index contributed by atoms with van der Waals surface area (Å²) in [7, 11) is 3.16. The van der Waals surface area contributed by atoms with Gasteiger partial charge in [0.1, 0.15) is 11.5 Å². The van der Waals surface area contributed by atoms with Crippen molar-refractivity contribution >= 4 is 35.1 Å². The molecule has 120 valence electrons. The van der Waals surface area contributed by atoms with E-state index in [1.807, 2.05) is 22.4 Å². The Hall–Kier alpha value is -1.92. The fourth-order valence-corrected chi connectivity index (χ4v) is 4.08. The summed E-state index contributed by atoms with van der Waals surface area (Å²) in [6.07, 6.45) is 2.07. The number of nitrogens with zero attached hydrogens (tertiary/aromatic N) is 1. The Morgan fingerprint density at radius 1 is 1.22 bits per heavy atom. The molecule has 0 radical (unpaired) electrons. The van der Waals surface area contributed by atoms with Crippen molar-refractivity contribution in [3.05, 3.63) is 51.2 Å². The van der Waals surface area contributed by atoms with Crippen molar-refractivity contribution in [1.82, 2.24) is 4.90 Å². The maximum Gasteiger partial charge on any atom is 0.258 e. The minimum absolute atomic E-state index is 0.0324. The van der Waals surface area contributed by atoms with Crippen LogP contribution in [-0.2, 0) is 0 Å². The van der Waals surface area contributed by atoms with Gasteiger partial charge in [-0.25, -0.2) is 0 Å². The fraction of sp³-hybridized carbons (Fsp3) is 0.235. The lowest BCUT2D eigenvalue weighted by atomic mass is 10.1. The Labute approximate surface area is 143 Å². The summed E-state index contributed by atoms with van der Waals surface area (Å²) in [5.74, 6) is 2.10. The smallest absolute Gasteiger partial charge is 0.258 e. The fourth-order valence-electron chi connectivity index (χ4n) is 2.33. The Kier molecular flexibility index (Phi) is 4.93. The van der Waals surface area contributed by atoms with Crippen LogP contribution in [-0.4, -0.2) is 37.3 Å². The first-order valence-corrected chi connectivity index (χ1v) is 9.00. The lowest BCUT2D eigenvalue weighted by molar-refractivity contribution is 0.0830. The van der Waals surface area contributed by atoms with E-state index in [1.54, 1.807) is 55.5 Å². The number of ether oxygens (including phenoxy) is 2. The zero-order valence-electron chi connectivity index (χ0n) is 12.9. The number of amides is 1.